The molecule has 106 valence electrons. The lowest BCUT2D eigenvalue weighted by Gasteiger charge is -2.20. The van der Waals surface area contributed by atoms with Crippen LogP contribution in [0.3, 0.4) is 0 Å². The third kappa shape index (κ3) is 4.79. The molecular weight excluding hydrogens is 242 g/mol. The molecule has 0 spiro atoms. The van der Waals surface area contributed by atoms with Crippen LogP contribution in [0.2, 0.25) is 0 Å². The first-order valence-electron chi connectivity index (χ1n) is 6.67. The quantitative estimate of drug-likeness (QED) is 0.627. The first-order valence-corrected chi connectivity index (χ1v) is 6.67. The van der Waals surface area contributed by atoms with E-state index in [9.17, 15) is 4.79 Å². The van der Waals surface area contributed by atoms with Gasteiger partial charge in [-0.25, -0.2) is 4.79 Å². The molecule has 0 aliphatic heterocycles. The van der Waals surface area contributed by atoms with Gasteiger partial charge in [-0.15, -0.1) is 0 Å². The average molecular weight is 265 g/mol. The highest BCUT2D eigenvalue weighted by Gasteiger charge is 2.07. The SMILES string of the molecule is CCCN(CC)CCNc1ccc(C(=O)O)c(N)c1. The number of nitrogens with zero attached hydrogens (tertiary/aromatic N) is 1. The molecule has 1 aromatic rings. The topological polar surface area (TPSA) is 78.6 Å². The number of likely N-dealkylation sites (N-methyl/N-ethyl adjacent to an activating group) is 1. The van der Waals surface area contributed by atoms with Gasteiger partial charge in [0.05, 0.1) is 5.56 Å². The van der Waals surface area contributed by atoms with Gasteiger partial charge in [-0.3, -0.25) is 0 Å². The molecule has 0 radical (unpaired) electrons. The largest absolute Gasteiger partial charge is 0.478 e. The number of carboxylic acids is 1. The van der Waals surface area contributed by atoms with Crippen LogP contribution in [0.1, 0.15) is 30.6 Å². The molecule has 1 aromatic carbocycles. The van der Waals surface area contributed by atoms with Crippen molar-refractivity contribution in [1.82, 2.24) is 4.90 Å². The predicted octanol–water partition coefficient (Wildman–Crippen LogP) is 2.11. The highest BCUT2D eigenvalue weighted by Crippen LogP contribution is 2.17. The molecule has 0 saturated carbocycles. The maximum Gasteiger partial charge on any atom is 0.337 e. The van der Waals surface area contributed by atoms with E-state index in [0.717, 1.165) is 38.3 Å². The molecule has 5 nitrogen and oxygen atoms in total. The van der Waals surface area contributed by atoms with E-state index in [-0.39, 0.29) is 5.56 Å². The normalized spacial score (nSPS) is 10.7. The fourth-order valence-corrected chi connectivity index (χ4v) is 1.97. The molecule has 0 atom stereocenters. The van der Waals surface area contributed by atoms with Gasteiger partial charge in [0.25, 0.3) is 0 Å². The zero-order chi connectivity index (χ0) is 14.3. The lowest BCUT2D eigenvalue weighted by atomic mass is 10.1. The van der Waals surface area contributed by atoms with Crippen molar-refractivity contribution in [2.45, 2.75) is 20.3 Å². The van der Waals surface area contributed by atoms with E-state index in [4.69, 9.17) is 10.8 Å². The molecule has 0 aliphatic carbocycles. The van der Waals surface area contributed by atoms with Gasteiger partial charge in [-0.05, 0) is 37.7 Å². The molecule has 5 heteroatoms. The third-order valence-corrected chi connectivity index (χ3v) is 3.03. The number of nitrogen functional groups attached to an aromatic ring is 1. The number of hydrogen-bond acceptors (Lipinski definition) is 4. The van der Waals surface area contributed by atoms with E-state index in [0.29, 0.717) is 5.69 Å². The number of carbonyl (C=O) groups is 1. The summed E-state index contributed by atoms with van der Waals surface area (Å²) in [6, 6.07) is 4.94. The summed E-state index contributed by atoms with van der Waals surface area (Å²) in [5.74, 6) is -0.996. The van der Waals surface area contributed by atoms with E-state index in [1.165, 1.54) is 6.07 Å². The van der Waals surface area contributed by atoms with E-state index in [2.05, 4.69) is 24.1 Å². The lowest BCUT2D eigenvalue weighted by molar-refractivity contribution is 0.0698. The maximum atomic E-state index is 10.8. The smallest absolute Gasteiger partial charge is 0.337 e. The Morgan fingerprint density at radius 3 is 2.63 bits per heavy atom. The molecule has 0 aliphatic rings. The molecule has 0 unspecified atom stereocenters. The van der Waals surface area contributed by atoms with Crippen LogP contribution in [0.15, 0.2) is 18.2 Å². The third-order valence-electron chi connectivity index (χ3n) is 3.03. The number of nitrogens with one attached hydrogen (secondary N) is 1. The van der Waals surface area contributed by atoms with Crippen molar-refractivity contribution in [3.63, 3.8) is 0 Å². The molecule has 0 saturated heterocycles. The Labute approximate surface area is 114 Å². The van der Waals surface area contributed by atoms with Gasteiger partial charge in [0, 0.05) is 24.5 Å². The van der Waals surface area contributed by atoms with Crippen molar-refractivity contribution in [1.29, 1.82) is 0 Å². The molecule has 19 heavy (non-hydrogen) atoms. The van der Waals surface area contributed by atoms with Gasteiger partial charge >= 0.3 is 5.97 Å². The first-order chi connectivity index (χ1) is 9.08. The Kier molecular flexibility index (Phi) is 6.15. The number of rotatable bonds is 8. The van der Waals surface area contributed by atoms with Crippen LogP contribution in [-0.4, -0.2) is 42.2 Å². The van der Waals surface area contributed by atoms with Gasteiger partial charge in [0.15, 0.2) is 0 Å². The van der Waals surface area contributed by atoms with E-state index in [1.807, 2.05) is 0 Å². The minimum absolute atomic E-state index is 0.145. The van der Waals surface area contributed by atoms with Crippen LogP contribution in [0.25, 0.3) is 0 Å². The van der Waals surface area contributed by atoms with Crippen molar-refractivity contribution in [2.75, 3.05) is 37.2 Å². The second-order valence-electron chi connectivity index (χ2n) is 4.47. The van der Waals surface area contributed by atoms with Crippen molar-refractivity contribution in [3.05, 3.63) is 23.8 Å². The Morgan fingerprint density at radius 1 is 1.37 bits per heavy atom. The number of aromatic carboxylic acids is 1. The van der Waals surface area contributed by atoms with E-state index in [1.54, 1.807) is 12.1 Å². The van der Waals surface area contributed by atoms with Crippen molar-refractivity contribution in [3.8, 4) is 0 Å². The van der Waals surface area contributed by atoms with Crippen molar-refractivity contribution >= 4 is 17.3 Å². The molecule has 0 aromatic heterocycles. The average Bonchev–Trinajstić information content (AvgIpc) is 2.37. The molecule has 0 heterocycles. The Balaban J connectivity index is 2.50. The highest BCUT2D eigenvalue weighted by molar-refractivity contribution is 5.94. The predicted molar refractivity (Wildman–Crippen MR) is 78.7 cm³/mol. The van der Waals surface area contributed by atoms with Gasteiger partial charge in [-0.1, -0.05) is 13.8 Å². The van der Waals surface area contributed by atoms with E-state index >= 15 is 0 Å². The lowest BCUT2D eigenvalue weighted by Crippen LogP contribution is -2.29. The summed E-state index contributed by atoms with van der Waals surface area (Å²) in [6.07, 6.45) is 1.15. The summed E-state index contributed by atoms with van der Waals surface area (Å²) in [5, 5.41) is 12.1. The number of anilines is 2. The molecule has 4 N–H and O–H groups in total. The van der Waals surface area contributed by atoms with Gasteiger partial charge in [0.2, 0.25) is 0 Å². The summed E-state index contributed by atoms with van der Waals surface area (Å²) in [7, 11) is 0. The van der Waals surface area contributed by atoms with Gasteiger partial charge < -0.3 is 21.1 Å². The maximum absolute atomic E-state index is 10.8. The zero-order valence-corrected chi connectivity index (χ0v) is 11.6. The summed E-state index contributed by atoms with van der Waals surface area (Å²) >= 11 is 0. The van der Waals surface area contributed by atoms with Crippen LogP contribution < -0.4 is 11.1 Å². The van der Waals surface area contributed by atoms with Crippen LogP contribution in [0.5, 0.6) is 0 Å². The number of carboxylic acid groups (broad SMARTS) is 1. The first kappa shape index (κ1) is 15.3. The summed E-state index contributed by atoms with van der Waals surface area (Å²) < 4.78 is 0. The molecule has 0 fully saturated rings. The van der Waals surface area contributed by atoms with Gasteiger partial charge in [-0.2, -0.15) is 0 Å². The van der Waals surface area contributed by atoms with Crippen LogP contribution in [-0.2, 0) is 0 Å². The zero-order valence-electron chi connectivity index (χ0n) is 11.6. The Morgan fingerprint density at radius 2 is 2.11 bits per heavy atom. The highest BCUT2D eigenvalue weighted by atomic mass is 16.4. The number of hydrogen-bond donors (Lipinski definition) is 3. The van der Waals surface area contributed by atoms with Crippen LogP contribution in [0.4, 0.5) is 11.4 Å². The molecule has 1 rings (SSSR count). The number of benzene rings is 1. The fraction of sp³-hybridized carbons (Fsp3) is 0.500. The van der Waals surface area contributed by atoms with Crippen molar-refractivity contribution in [2.24, 2.45) is 0 Å². The fourth-order valence-electron chi connectivity index (χ4n) is 1.97. The second-order valence-corrected chi connectivity index (χ2v) is 4.47. The Hall–Kier alpha value is -1.75. The summed E-state index contributed by atoms with van der Waals surface area (Å²) in [6.45, 7) is 8.23. The molecule has 0 amide bonds. The van der Waals surface area contributed by atoms with Crippen LogP contribution in [0, 0.1) is 0 Å². The standard InChI is InChI=1S/C14H23N3O2/c1-3-8-17(4-2)9-7-16-11-5-6-12(14(18)19)13(15)10-11/h5-6,10,16H,3-4,7-9,15H2,1-2H3,(H,18,19). The number of nitrogens with two attached hydrogens (primary N) is 1. The van der Waals surface area contributed by atoms with E-state index < -0.39 is 5.97 Å². The molecule has 0 bridgehead atoms. The minimum atomic E-state index is -0.996. The van der Waals surface area contributed by atoms with Crippen molar-refractivity contribution < 1.29 is 9.90 Å². The Bertz CT molecular complexity index is 421. The summed E-state index contributed by atoms with van der Waals surface area (Å²) in [5.41, 5.74) is 6.99. The second kappa shape index (κ2) is 7.63. The monoisotopic (exact) mass is 265 g/mol. The minimum Gasteiger partial charge on any atom is -0.478 e. The summed E-state index contributed by atoms with van der Waals surface area (Å²) in [4.78, 5) is 13.2. The van der Waals surface area contributed by atoms with Gasteiger partial charge in [0.1, 0.15) is 0 Å². The van der Waals surface area contributed by atoms with Crippen LogP contribution >= 0.6 is 0 Å². The molecular formula is C14H23N3O2.